The van der Waals surface area contributed by atoms with E-state index in [1.807, 2.05) is 25.1 Å². The molecule has 0 spiro atoms. The molecule has 3 rings (SSSR count). The first-order chi connectivity index (χ1) is 13.1. The van der Waals surface area contributed by atoms with Crippen LogP contribution in [0, 0.1) is 6.92 Å². The van der Waals surface area contributed by atoms with Crippen molar-refractivity contribution in [2.75, 3.05) is 36.8 Å². The van der Waals surface area contributed by atoms with Crippen LogP contribution in [0.5, 0.6) is 0 Å². The third-order valence-electron chi connectivity index (χ3n) is 4.38. The predicted molar refractivity (Wildman–Crippen MR) is 111 cm³/mol. The molecule has 1 aromatic carbocycles. The number of rotatable bonds is 8. The Hall–Kier alpha value is -2.51. The van der Waals surface area contributed by atoms with Crippen molar-refractivity contribution < 1.29 is 0 Å². The van der Waals surface area contributed by atoms with Crippen LogP contribution in [0.2, 0.25) is 5.02 Å². The summed E-state index contributed by atoms with van der Waals surface area (Å²) in [5.41, 5.74) is 3.11. The maximum atomic E-state index is 6.06. The van der Waals surface area contributed by atoms with Gasteiger partial charge in [-0.2, -0.15) is 9.97 Å². The Morgan fingerprint density at radius 3 is 2.59 bits per heavy atom. The van der Waals surface area contributed by atoms with Gasteiger partial charge in [0.1, 0.15) is 0 Å². The molecule has 142 valence electrons. The summed E-state index contributed by atoms with van der Waals surface area (Å²) in [6.45, 7) is 10.0. The number of benzene rings is 1. The first-order valence-electron chi connectivity index (χ1n) is 9.08. The lowest BCUT2D eigenvalue weighted by Gasteiger charge is -2.18. The van der Waals surface area contributed by atoms with Gasteiger partial charge >= 0.3 is 0 Å². The van der Waals surface area contributed by atoms with Crippen molar-refractivity contribution in [3.63, 3.8) is 0 Å². The lowest BCUT2D eigenvalue weighted by Crippen LogP contribution is -2.29. The molecule has 0 saturated carbocycles. The molecule has 0 bridgehead atoms. The van der Waals surface area contributed by atoms with Gasteiger partial charge in [-0.25, -0.2) is 9.97 Å². The van der Waals surface area contributed by atoms with E-state index in [4.69, 9.17) is 11.6 Å². The van der Waals surface area contributed by atoms with Gasteiger partial charge in [0, 0.05) is 36.2 Å². The van der Waals surface area contributed by atoms with Gasteiger partial charge in [-0.1, -0.05) is 25.4 Å². The first kappa shape index (κ1) is 19.3. The summed E-state index contributed by atoms with van der Waals surface area (Å²) in [7, 11) is 0. The minimum atomic E-state index is 0.532. The minimum Gasteiger partial charge on any atom is -0.353 e. The van der Waals surface area contributed by atoms with Crippen LogP contribution < -0.4 is 10.6 Å². The van der Waals surface area contributed by atoms with Crippen LogP contribution in [0.1, 0.15) is 19.4 Å². The average molecular weight is 386 g/mol. The van der Waals surface area contributed by atoms with E-state index in [1.165, 1.54) is 0 Å². The lowest BCUT2D eigenvalue weighted by atomic mass is 10.2. The zero-order chi connectivity index (χ0) is 19.2. The van der Waals surface area contributed by atoms with Gasteiger partial charge in [0.2, 0.25) is 5.95 Å². The molecule has 2 aromatic heterocycles. The molecule has 27 heavy (non-hydrogen) atoms. The van der Waals surface area contributed by atoms with Crippen molar-refractivity contribution in [2.45, 2.75) is 20.8 Å². The van der Waals surface area contributed by atoms with Crippen LogP contribution in [-0.4, -0.2) is 51.0 Å². The van der Waals surface area contributed by atoms with Crippen molar-refractivity contribution in [1.82, 2.24) is 24.8 Å². The number of nitrogens with zero attached hydrogens (tertiary/aromatic N) is 5. The second-order valence-electron chi connectivity index (χ2n) is 6.16. The number of anilines is 3. The van der Waals surface area contributed by atoms with Crippen molar-refractivity contribution >= 4 is 40.2 Å². The van der Waals surface area contributed by atoms with E-state index >= 15 is 0 Å². The second-order valence-corrected chi connectivity index (χ2v) is 6.60. The Bertz CT molecular complexity index is 912. The molecule has 3 aromatic rings. The number of halogens is 1. The van der Waals surface area contributed by atoms with Crippen LogP contribution in [0.4, 0.5) is 17.5 Å². The maximum absolute atomic E-state index is 6.06. The van der Waals surface area contributed by atoms with Crippen LogP contribution in [0.3, 0.4) is 0 Å². The third-order valence-corrected chi connectivity index (χ3v) is 4.61. The quantitative estimate of drug-likeness (QED) is 0.609. The largest absolute Gasteiger partial charge is 0.353 e. The highest BCUT2D eigenvalue weighted by atomic mass is 35.5. The molecular formula is C19H24ClN7. The molecule has 8 heteroatoms. The zero-order valence-corrected chi connectivity index (χ0v) is 16.6. The molecule has 2 heterocycles. The van der Waals surface area contributed by atoms with Crippen molar-refractivity contribution in [1.29, 1.82) is 0 Å². The SMILES string of the molecule is CCN(CC)CCNc1nc(Nc2ccc(Cl)cc2C)c2nccnc2n1. The Morgan fingerprint density at radius 2 is 1.85 bits per heavy atom. The van der Waals surface area contributed by atoms with Gasteiger partial charge in [-0.05, 0) is 43.8 Å². The van der Waals surface area contributed by atoms with E-state index in [1.54, 1.807) is 12.4 Å². The van der Waals surface area contributed by atoms with E-state index in [0.717, 1.165) is 37.4 Å². The van der Waals surface area contributed by atoms with E-state index in [2.05, 4.69) is 49.3 Å². The predicted octanol–water partition coefficient (Wildman–Crippen LogP) is 3.88. The smallest absolute Gasteiger partial charge is 0.226 e. The standard InChI is InChI=1S/C19H24ClN7/c1-4-27(5-2)11-10-23-19-25-17-16(21-8-9-22-17)18(26-19)24-15-7-6-14(20)12-13(15)3/h6-9,12H,4-5,10-11H2,1-3H3,(H2,22,23,24,25,26). The number of fused-ring (bicyclic) bond motifs is 1. The number of nitrogens with one attached hydrogen (secondary N) is 2. The van der Waals surface area contributed by atoms with Crippen molar-refractivity contribution in [3.8, 4) is 0 Å². The Labute approximate surface area is 164 Å². The van der Waals surface area contributed by atoms with Crippen LogP contribution >= 0.6 is 11.6 Å². The molecule has 2 N–H and O–H groups in total. The summed E-state index contributed by atoms with van der Waals surface area (Å²) >= 11 is 6.06. The van der Waals surface area contributed by atoms with Crippen LogP contribution in [0.25, 0.3) is 11.2 Å². The highest BCUT2D eigenvalue weighted by Gasteiger charge is 2.11. The highest BCUT2D eigenvalue weighted by molar-refractivity contribution is 6.30. The summed E-state index contributed by atoms with van der Waals surface area (Å²) in [4.78, 5) is 20.2. The van der Waals surface area contributed by atoms with Gasteiger partial charge in [0.05, 0.1) is 0 Å². The molecule has 0 radical (unpaired) electrons. The van der Waals surface area contributed by atoms with Crippen molar-refractivity contribution in [2.24, 2.45) is 0 Å². The van der Waals surface area contributed by atoms with E-state index in [-0.39, 0.29) is 0 Å². The Kier molecular flexibility index (Phi) is 6.36. The fourth-order valence-corrected chi connectivity index (χ4v) is 3.02. The third kappa shape index (κ3) is 4.81. The molecule has 0 amide bonds. The zero-order valence-electron chi connectivity index (χ0n) is 15.8. The van der Waals surface area contributed by atoms with E-state index in [0.29, 0.717) is 28.0 Å². The molecule has 0 aliphatic carbocycles. The highest BCUT2D eigenvalue weighted by Crippen LogP contribution is 2.26. The molecule has 7 nitrogen and oxygen atoms in total. The van der Waals surface area contributed by atoms with E-state index in [9.17, 15) is 0 Å². The first-order valence-corrected chi connectivity index (χ1v) is 9.46. The summed E-state index contributed by atoms with van der Waals surface area (Å²) < 4.78 is 0. The summed E-state index contributed by atoms with van der Waals surface area (Å²) in [5.74, 6) is 1.15. The molecule has 0 unspecified atom stereocenters. The van der Waals surface area contributed by atoms with Gasteiger partial charge in [-0.3, -0.25) is 0 Å². The maximum Gasteiger partial charge on any atom is 0.226 e. The molecule has 0 fully saturated rings. The van der Waals surface area contributed by atoms with Gasteiger partial charge < -0.3 is 15.5 Å². The van der Waals surface area contributed by atoms with Gasteiger partial charge in [0.15, 0.2) is 17.0 Å². The second kappa shape index (κ2) is 8.92. The molecular weight excluding hydrogens is 362 g/mol. The van der Waals surface area contributed by atoms with Crippen LogP contribution in [0.15, 0.2) is 30.6 Å². The van der Waals surface area contributed by atoms with Crippen molar-refractivity contribution in [3.05, 3.63) is 41.2 Å². The average Bonchev–Trinajstić information content (AvgIpc) is 2.67. The fraction of sp³-hybridized carbons (Fsp3) is 0.368. The normalized spacial score (nSPS) is 11.1. The monoisotopic (exact) mass is 385 g/mol. The number of hydrogen-bond donors (Lipinski definition) is 2. The minimum absolute atomic E-state index is 0.532. The van der Waals surface area contributed by atoms with E-state index < -0.39 is 0 Å². The molecule has 0 aliphatic heterocycles. The number of aryl methyl sites for hydroxylation is 1. The summed E-state index contributed by atoms with van der Waals surface area (Å²) in [6.07, 6.45) is 3.27. The van der Waals surface area contributed by atoms with Crippen LogP contribution in [-0.2, 0) is 0 Å². The Balaban J connectivity index is 1.86. The number of likely N-dealkylation sites (N-methyl/N-ethyl adjacent to an activating group) is 1. The topological polar surface area (TPSA) is 78.9 Å². The fourth-order valence-electron chi connectivity index (χ4n) is 2.79. The lowest BCUT2D eigenvalue weighted by molar-refractivity contribution is 0.316. The van der Waals surface area contributed by atoms with Gasteiger partial charge in [-0.15, -0.1) is 0 Å². The molecule has 0 saturated heterocycles. The molecule has 0 atom stereocenters. The summed E-state index contributed by atoms with van der Waals surface area (Å²) in [5, 5.41) is 7.33. The Morgan fingerprint density at radius 1 is 1.07 bits per heavy atom. The molecule has 0 aliphatic rings. The summed E-state index contributed by atoms with van der Waals surface area (Å²) in [6, 6.07) is 5.67. The number of aromatic nitrogens is 4. The number of hydrogen-bond acceptors (Lipinski definition) is 7. The van der Waals surface area contributed by atoms with Gasteiger partial charge in [0.25, 0.3) is 0 Å².